The van der Waals surface area contributed by atoms with Crippen LogP contribution in [0.15, 0.2) is 125 Å². The molecule has 0 unspecified atom stereocenters. The van der Waals surface area contributed by atoms with Crippen molar-refractivity contribution in [2.45, 2.75) is 155 Å². The number of benzene rings is 4. The van der Waals surface area contributed by atoms with Crippen LogP contribution in [0.5, 0.6) is 0 Å². The van der Waals surface area contributed by atoms with Crippen molar-refractivity contribution in [3.8, 4) is 0 Å². The Morgan fingerprint density at radius 3 is 1.90 bits per heavy atom. The normalized spacial score (nSPS) is 19.6. The molecule has 113 heavy (non-hydrogen) atoms. The molecule has 33 nitrogen and oxygen atoms in total. The van der Waals surface area contributed by atoms with E-state index in [0.717, 1.165) is 31.2 Å². The van der Waals surface area contributed by atoms with Gasteiger partial charge in [-0.2, -0.15) is 9.78 Å². The smallest absolute Gasteiger partial charge is 0.349 e. The van der Waals surface area contributed by atoms with Crippen LogP contribution in [-0.4, -0.2) is 215 Å². The maximum Gasteiger partial charge on any atom is 0.349 e. The zero-order valence-electron chi connectivity index (χ0n) is 63.4. The number of carbonyl (C=O) groups is 12. The molecule has 608 valence electrons. The zero-order chi connectivity index (χ0) is 82.4. The molecular formula is C76H100FN19O14S3. The van der Waals surface area contributed by atoms with Gasteiger partial charge in [-0.05, 0) is 156 Å². The summed E-state index contributed by atoms with van der Waals surface area (Å²) in [5.74, 6) is -11.0. The largest absolute Gasteiger partial charge is 0.391 e. The highest BCUT2D eigenvalue weighted by atomic mass is 33.1. The maximum atomic E-state index is 16.2. The molecule has 1 fully saturated rings. The highest BCUT2D eigenvalue weighted by Crippen LogP contribution is 2.36. The second-order valence-electron chi connectivity index (χ2n) is 27.0. The van der Waals surface area contributed by atoms with Crippen LogP contribution in [0.3, 0.4) is 0 Å². The van der Waals surface area contributed by atoms with Crippen LogP contribution in [0.2, 0.25) is 0 Å². The number of halogens is 1. The Bertz CT molecular complexity index is 4340. The Labute approximate surface area is 665 Å². The molecule has 6 aromatic rings. The van der Waals surface area contributed by atoms with Crippen LogP contribution in [-0.2, 0) is 60.1 Å². The van der Waals surface area contributed by atoms with E-state index in [1.807, 2.05) is 12.1 Å². The van der Waals surface area contributed by atoms with Gasteiger partial charge in [0.25, 0.3) is 5.91 Å². The molecule has 0 spiro atoms. The summed E-state index contributed by atoms with van der Waals surface area (Å²) in [6.45, 7) is 4.68. The molecule has 1 saturated heterocycles. The van der Waals surface area contributed by atoms with Crippen LogP contribution >= 0.6 is 33.3 Å². The third kappa shape index (κ3) is 26.4. The summed E-state index contributed by atoms with van der Waals surface area (Å²) in [6, 6.07) is 16.0. The van der Waals surface area contributed by atoms with Gasteiger partial charge in [0.1, 0.15) is 60.2 Å². The fraction of sp³-hybridized carbons (Fsp3) is 0.421. The molecule has 1 aliphatic rings. The summed E-state index contributed by atoms with van der Waals surface area (Å²) in [5, 5.41) is 55.4. The Hall–Kier alpha value is -10.4. The number of nitrogens with one attached hydrogen (secondary N) is 11. The van der Waals surface area contributed by atoms with Crippen LogP contribution in [0.1, 0.15) is 99.1 Å². The summed E-state index contributed by atoms with van der Waals surface area (Å²) in [7, 11) is 5.02. The predicted molar refractivity (Wildman–Crippen MR) is 429 cm³/mol. The third-order valence-corrected chi connectivity index (χ3v) is 21.1. The van der Waals surface area contributed by atoms with Gasteiger partial charge in [-0.25, -0.2) is 9.18 Å². The quantitative estimate of drug-likeness (QED) is 0.0216. The SMILES string of the molecule is CNC(=O)c1ccccc1Sc1ccc2c(/C=C/c3ccccn3)nn(C(=O)N(C)c3c(F)cccc3CSSCC(=O)N[C@H](C(=O)N[C@H](CCN)C(=O)N[C@H]3CCNC(=O)[C@@H]([C@@H](C)O)NC(=O)[C@@H](CCN)NC(=O)[C@@H](CCN)NC(=O)[C@@H](CC(C)C)NC(=O)[C@@H](Cc4ccccc4)NC(=O)[C@@H](CCN)NC3=O)[C@@H](C)O)c2c1. The molecule has 7 rings (SSSR count). The Balaban J connectivity index is 1.08. The standard InChI is InChI=1S/C76H100FN19O14S3/c1-42(2)37-58-72(106)87-53(26-31-78)67(101)86-56(29-34-81)71(105)93-63(43(3)97)74(108)84-36-30-57(70(104)85-54(27-32-79)69(103)91-59(73(107)90-58)38-45-15-8-7-9-16-45)88-68(102)55(28-33-80)89-75(109)64(44(4)98)92-62(99)41-112-111-40-46-17-14-20-51(77)65(46)95(6)76(110)96-60-39-48(113-61-21-11-10-19-50(61)66(100)82-5)23-24-49(60)52(94-96)25-22-47-18-12-13-35-83-47/h7-25,35,39,42-44,53-59,63-64,97-98H,26-34,36-38,40-41,78-81H2,1-6H3,(H,82,100)(H,84,108)(H,85,104)(H,86,101)(H,87,106)(H,88,102)(H,89,109)(H,90,107)(H,91,103)(H,92,99)(H,93,105)/b25-22+/t43-,44-,53-,54-,55-,56-,57+,58-,59-,63-,64+/m1/s1. The minimum atomic E-state index is -1.72. The lowest BCUT2D eigenvalue weighted by Gasteiger charge is -2.28. The number of aliphatic hydroxyl groups excluding tert-OH is 2. The van der Waals surface area contributed by atoms with Crippen LogP contribution < -0.4 is 86.3 Å². The predicted octanol–water partition coefficient (Wildman–Crippen LogP) is 0.566. The first-order valence-electron chi connectivity index (χ1n) is 36.7. The minimum Gasteiger partial charge on any atom is -0.391 e. The van der Waals surface area contributed by atoms with Gasteiger partial charge in [-0.15, -0.1) is 0 Å². The molecular weight excluding hydrogens is 1520 g/mol. The second kappa shape index (κ2) is 44.8. The van der Waals surface area contributed by atoms with Crippen molar-refractivity contribution in [3.63, 3.8) is 0 Å². The van der Waals surface area contributed by atoms with E-state index >= 15 is 4.39 Å². The van der Waals surface area contributed by atoms with E-state index in [9.17, 15) is 67.7 Å². The van der Waals surface area contributed by atoms with E-state index in [-0.39, 0.29) is 93.7 Å². The number of hydrogen-bond acceptors (Lipinski definition) is 23. The van der Waals surface area contributed by atoms with Crippen LogP contribution in [0.4, 0.5) is 14.9 Å². The summed E-state index contributed by atoms with van der Waals surface area (Å²) in [4.78, 5) is 177. The van der Waals surface area contributed by atoms with E-state index < -0.39 is 150 Å². The van der Waals surface area contributed by atoms with Crippen molar-refractivity contribution in [3.05, 3.63) is 149 Å². The number of hydrogen-bond donors (Lipinski definition) is 17. The fourth-order valence-electron chi connectivity index (χ4n) is 12.0. The summed E-state index contributed by atoms with van der Waals surface area (Å²) in [5.41, 5.74) is 26.4. The molecule has 2 aromatic heterocycles. The van der Waals surface area contributed by atoms with E-state index in [1.165, 1.54) is 51.8 Å². The first-order chi connectivity index (χ1) is 54.1. The Morgan fingerprint density at radius 1 is 0.673 bits per heavy atom. The topological polar surface area (TPSA) is 516 Å². The molecule has 12 amide bonds. The number of anilines is 1. The van der Waals surface area contributed by atoms with Crippen LogP contribution in [0.25, 0.3) is 23.1 Å². The first-order valence-corrected chi connectivity index (χ1v) is 40.0. The van der Waals surface area contributed by atoms with E-state index in [1.54, 1.807) is 117 Å². The van der Waals surface area contributed by atoms with Gasteiger partial charge in [0, 0.05) is 54.2 Å². The second-order valence-corrected chi connectivity index (χ2v) is 30.6. The minimum absolute atomic E-state index is 0.0249. The average Bonchev–Trinajstić information content (AvgIpc) is 1.57. The lowest BCUT2D eigenvalue weighted by atomic mass is 10.00. The van der Waals surface area contributed by atoms with Gasteiger partial charge < -0.3 is 91.6 Å². The number of nitrogens with two attached hydrogens (primary N) is 4. The molecule has 37 heteroatoms. The van der Waals surface area contributed by atoms with Crippen molar-refractivity contribution in [1.29, 1.82) is 0 Å². The average molecular weight is 1620 g/mol. The highest BCUT2D eigenvalue weighted by Gasteiger charge is 2.38. The van der Waals surface area contributed by atoms with Crippen molar-refractivity contribution < 1.29 is 72.1 Å². The number of nitrogens with zero attached hydrogens (tertiary/aromatic N) is 4. The summed E-state index contributed by atoms with van der Waals surface area (Å²) >= 11 is 1.30. The molecule has 0 bridgehead atoms. The van der Waals surface area contributed by atoms with E-state index in [0.29, 0.717) is 48.8 Å². The molecule has 1 aliphatic heterocycles. The number of amides is 12. The summed E-state index contributed by atoms with van der Waals surface area (Å²) < 4.78 is 17.4. The molecule has 0 radical (unpaired) electrons. The van der Waals surface area contributed by atoms with Gasteiger partial charge >= 0.3 is 6.03 Å². The number of aromatic nitrogens is 3. The number of para-hydroxylation sites is 1. The summed E-state index contributed by atoms with van der Waals surface area (Å²) in [6.07, 6.45) is 0.353. The van der Waals surface area contributed by atoms with Gasteiger partial charge in [-0.1, -0.05) is 108 Å². The van der Waals surface area contributed by atoms with Crippen LogP contribution in [0, 0.1) is 11.7 Å². The third-order valence-electron chi connectivity index (χ3n) is 17.8. The monoisotopic (exact) mass is 1620 g/mol. The number of rotatable bonds is 30. The van der Waals surface area contributed by atoms with Gasteiger partial charge in [0.05, 0.1) is 46.1 Å². The van der Waals surface area contributed by atoms with Gasteiger partial charge in [-0.3, -0.25) is 62.6 Å². The Morgan fingerprint density at radius 2 is 1.28 bits per heavy atom. The fourth-order valence-corrected chi connectivity index (χ4v) is 14.9. The molecule has 11 atom stereocenters. The molecule has 21 N–H and O–H groups in total. The lowest BCUT2D eigenvalue weighted by molar-refractivity contribution is -0.136. The molecule has 0 aliphatic carbocycles. The van der Waals surface area contributed by atoms with E-state index in [2.05, 4.69) is 63.5 Å². The zero-order valence-corrected chi connectivity index (χ0v) is 65.9. The van der Waals surface area contributed by atoms with Gasteiger partial charge in [0.15, 0.2) is 0 Å². The number of pyridine rings is 1. The number of aliphatic hydroxyl groups is 2. The highest BCUT2D eigenvalue weighted by molar-refractivity contribution is 8.76. The Kier molecular flexibility index (Phi) is 35.6. The van der Waals surface area contributed by atoms with E-state index in [4.69, 9.17) is 28.0 Å². The van der Waals surface area contributed by atoms with Crippen molar-refractivity contribution in [2.75, 3.05) is 57.5 Å². The number of fused-ring (bicyclic) bond motifs is 1. The molecule has 4 aromatic carbocycles. The van der Waals surface area contributed by atoms with Crippen molar-refractivity contribution in [1.82, 2.24) is 73.2 Å². The van der Waals surface area contributed by atoms with Gasteiger partial charge in [0.2, 0.25) is 59.1 Å². The van der Waals surface area contributed by atoms with Crippen molar-refractivity contribution >= 4 is 133 Å². The molecule has 3 heterocycles. The lowest BCUT2D eigenvalue weighted by Crippen LogP contribution is -2.61. The maximum absolute atomic E-state index is 16.2. The number of carbonyl (C=O) groups excluding carboxylic acids is 12. The molecule has 0 saturated carbocycles. The first kappa shape index (κ1) is 89.8. The van der Waals surface area contributed by atoms with Crippen molar-refractivity contribution in [2.24, 2.45) is 28.9 Å².